The van der Waals surface area contributed by atoms with Crippen molar-refractivity contribution < 1.29 is 14.3 Å². The van der Waals surface area contributed by atoms with Crippen molar-refractivity contribution in [3.05, 3.63) is 38.5 Å². The number of thiazole rings is 1. The molecule has 0 radical (unpaired) electrons. The van der Waals surface area contributed by atoms with E-state index >= 15 is 0 Å². The maximum atomic E-state index is 12.6. The number of methoxy groups -OCH3 is 1. The van der Waals surface area contributed by atoms with Crippen molar-refractivity contribution >= 4 is 17.2 Å². The average molecular weight is 350 g/mol. The van der Waals surface area contributed by atoms with Crippen molar-refractivity contribution in [1.29, 1.82) is 0 Å². The lowest BCUT2D eigenvalue weighted by molar-refractivity contribution is 0.0726. The normalized spacial score (nSPS) is 14.0. The van der Waals surface area contributed by atoms with Gasteiger partial charge in [0.25, 0.3) is 11.5 Å². The number of carbonyl (C=O) groups excluding carboxylic acids is 1. The van der Waals surface area contributed by atoms with Crippen LogP contribution in [-0.4, -0.2) is 52.2 Å². The first-order chi connectivity index (χ1) is 11.6. The van der Waals surface area contributed by atoms with Gasteiger partial charge >= 0.3 is 0 Å². The monoisotopic (exact) mass is 350 g/mol. The Balaban J connectivity index is 1.84. The average Bonchev–Trinajstić information content (AvgIpc) is 2.89. The van der Waals surface area contributed by atoms with E-state index in [0.29, 0.717) is 31.1 Å². The molecule has 0 N–H and O–H groups in total. The number of ether oxygens (including phenoxy) is 2. The number of aromatic nitrogens is 3. The summed E-state index contributed by atoms with van der Waals surface area (Å²) in [5.74, 6) is 0.0273. The highest BCUT2D eigenvalue weighted by Crippen LogP contribution is 2.19. The number of hydrogen-bond acceptors (Lipinski definition) is 7. The lowest BCUT2D eigenvalue weighted by Crippen LogP contribution is -2.33. The molecule has 2 aromatic rings. The standard InChI is InChI=1S/C15H18N4O4S/c1-10-17-12(8-24-10)14(20)18-4-6-23-13-11(7-18)16-9-19(15(13)21)3-5-22-2/h8-9H,3-7H2,1-2H3. The number of nitrogens with zero attached hydrogens (tertiary/aromatic N) is 4. The third-order valence-electron chi connectivity index (χ3n) is 3.68. The van der Waals surface area contributed by atoms with Crippen LogP contribution in [0, 0.1) is 6.92 Å². The first-order valence-electron chi connectivity index (χ1n) is 7.51. The van der Waals surface area contributed by atoms with E-state index in [-0.39, 0.29) is 30.4 Å². The lowest BCUT2D eigenvalue weighted by atomic mass is 10.3. The van der Waals surface area contributed by atoms with E-state index in [4.69, 9.17) is 9.47 Å². The van der Waals surface area contributed by atoms with Crippen molar-refractivity contribution in [2.75, 3.05) is 26.9 Å². The molecule has 9 heteroatoms. The Kier molecular flexibility index (Phi) is 4.91. The summed E-state index contributed by atoms with van der Waals surface area (Å²) in [6.07, 6.45) is 1.46. The number of fused-ring (bicyclic) bond motifs is 1. The predicted octanol–water partition coefficient (Wildman–Crippen LogP) is 0.689. The number of rotatable bonds is 4. The SMILES string of the molecule is COCCn1cnc2c(c1=O)OCCN(C(=O)c1csc(C)n1)C2. The highest BCUT2D eigenvalue weighted by molar-refractivity contribution is 7.09. The Morgan fingerprint density at radius 1 is 1.50 bits per heavy atom. The van der Waals surface area contributed by atoms with Gasteiger partial charge in [0.15, 0.2) is 0 Å². The summed E-state index contributed by atoms with van der Waals surface area (Å²) in [5, 5.41) is 2.57. The van der Waals surface area contributed by atoms with Gasteiger partial charge in [0.2, 0.25) is 5.75 Å². The van der Waals surface area contributed by atoms with E-state index < -0.39 is 0 Å². The summed E-state index contributed by atoms with van der Waals surface area (Å²) >= 11 is 1.43. The zero-order valence-corrected chi connectivity index (χ0v) is 14.3. The zero-order chi connectivity index (χ0) is 17.1. The second-order valence-electron chi connectivity index (χ2n) is 5.34. The second-order valence-corrected chi connectivity index (χ2v) is 6.40. The Labute approximate surface area is 142 Å². The van der Waals surface area contributed by atoms with Gasteiger partial charge in [0, 0.05) is 12.5 Å². The van der Waals surface area contributed by atoms with Crippen molar-refractivity contribution in [2.45, 2.75) is 20.0 Å². The summed E-state index contributed by atoms with van der Waals surface area (Å²) in [6, 6.07) is 0. The Morgan fingerprint density at radius 2 is 2.33 bits per heavy atom. The molecule has 3 heterocycles. The third-order valence-corrected chi connectivity index (χ3v) is 4.45. The molecule has 0 fully saturated rings. The molecule has 1 amide bonds. The highest BCUT2D eigenvalue weighted by Gasteiger charge is 2.25. The van der Waals surface area contributed by atoms with Gasteiger partial charge in [0.1, 0.15) is 18.0 Å². The quantitative estimate of drug-likeness (QED) is 0.806. The molecule has 3 rings (SSSR count). The molecule has 0 bridgehead atoms. The van der Waals surface area contributed by atoms with E-state index in [1.807, 2.05) is 6.92 Å². The summed E-state index contributed by atoms with van der Waals surface area (Å²) in [6.45, 7) is 3.52. The van der Waals surface area contributed by atoms with Crippen LogP contribution in [0.2, 0.25) is 0 Å². The number of carbonyl (C=O) groups is 1. The van der Waals surface area contributed by atoms with Gasteiger partial charge in [-0.15, -0.1) is 11.3 Å². The van der Waals surface area contributed by atoms with E-state index in [1.54, 1.807) is 17.4 Å². The van der Waals surface area contributed by atoms with E-state index in [1.165, 1.54) is 22.2 Å². The van der Waals surface area contributed by atoms with Crippen LogP contribution < -0.4 is 10.3 Å². The van der Waals surface area contributed by atoms with Crippen LogP contribution >= 0.6 is 11.3 Å². The fourth-order valence-corrected chi connectivity index (χ4v) is 3.01. The van der Waals surface area contributed by atoms with Gasteiger partial charge in [-0.1, -0.05) is 0 Å². The number of hydrogen-bond donors (Lipinski definition) is 0. The fourth-order valence-electron chi connectivity index (χ4n) is 2.43. The van der Waals surface area contributed by atoms with E-state index in [9.17, 15) is 9.59 Å². The fraction of sp³-hybridized carbons (Fsp3) is 0.467. The van der Waals surface area contributed by atoms with Crippen LogP contribution in [0.15, 0.2) is 16.5 Å². The topological polar surface area (TPSA) is 86.6 Å². The Morgan fingerprint density at radius 3 is 3.04 bits per heavy atom. The highest BCUT2D eigenvalue weighted by atomic mass is 32.1. The van der Waals surface area contributed by atoms with Gasteiger partial charge in [-0.25, -0.2) is 9.97 Å². The molecule has 0 spiro atoms. The summed E-state index contributed by atoms with van der Waals surface area (Å²) in [5.41, 5.74) is 0.622. The molecular weight excluding hydrogens is 332 g/mol. The molecule has 2 aromatic heterocycles. The first-order valence-corrected chi connectivity index (χ1v) is 8.39. The Bertz CT molecular complexity index is 801. The zero-order valence-electron chi connectivity index (χ0n) is 13.5. The molecule has 8 nitrogen and oxygen atoms in total. The molecule has 1 aliphatic heterocycles. The van der Waals surface area contributed by atoms with Crippen LogP contribution in [-0.2, 0) is 17.8 Å². The van der Waals surface area contributed by atoms with Gasteiger partial charge < -0.3 is 14.4 Å². The molecule has 0 saturated carbocycles. The Hall–Kier alpha value is -2.26. The minimum absolute atomic E-state index is 0.179. The van der Waals surface area contributed by atoms with E-state index in [2.05, 4.69) is 9.97 Å². The summed E-state index contributed by atoms with van der Waals surface area (Å²) in [4.78, 5) is 35.1. The molecule has 0 aromatic carbocycles. The molecule has 128 valence electrons. The second kappa shape index (κ2) is 7.10. The smallest absolute Gasteiger partial charge is 0.296 e. The largest absolute Gasteiger partial charge is 0.485 e. The molecule has 0 unspecified atom stereocenters. The first kappa shape index (κ1) is 16.6. The summed E-state index contributed by atoms with van der Waals surface area (Å²) in [7, 11) is 1.57. The minimum atomic E-state index is -0.254. The number of aryl methyl sites for hydroxylation is 1. The van der Waals surface area contributed by atoms with Crippen LogP contribution in [0.25, 0.3) is 0 Å². The molecule has 0 atom stereocenters. The molecular formula is C15H18N4O4S. The summed E-state index contributed by atoms with van der Waals surface area (Å²) < 4.78 is 12.0. The molecule has 0 saturated heterocycles. The van der Waals surface area contributed by atoms with Crippen molar-refractivity contribution in [2.24, 2.45) is 0 Å². The van der Waals surface area contributed by atoms with Crippen LogP contribution in [0.5, 0.6) is 5.75 Å². The lowest BCUT2D eigenvalue weighted by Gasteiger charge is -2.18. The van der Waals surface area contributed by atoms with Crippen LogP contribution in [0.3, 0.4) is 0 Å². The van der Waals surface area contributed by atoms with Crippen molar-refractivity contribution in [1.82, 2.24) is 19.4 Å². The molecule has 24 heavy (non-hydrogen) atoms. The van der Waals surface area contributed by atoms with Gasteiger partial charge in [-0.05, 0) is 6.92 Å². The molecule has 0 aliphatic carbocycles. The third kappa shape index (κ3) is 3.31. The maximum Gasteiger partial charge on any atom is 0.296 e. The predicted molar refractivity (Wildman–Crippen MR) is 87.5 cm³/mol. The van der Waals surface area contributed by atoms with Gasteiger partial charge in [-0.3, -0.25) is 14.2 Å². The van der Waals surface area contributed by atoms with Crippen LogP contribution in [0.1, 0.15) is 21.2 Å². The minimum Gasteiger partial charge on any atom is -0.485 e. The van der Waals surface area contributed by atoms with Gasteiger partial charge in [0.05, 0.1) is 37.6 Å². The number of amides is 1. The maximum absolute atomic E-state index is 12.6. The van der Waals surface area contributed by atoms with E-state index in [0.717, 1.165) is 5.01 Å². The van der Waals surface area contributed by atoms with Crippen LogP contribution in [0.4, 0.5) is 0 Å². The van der Waals surface area contributed by atoms with Gasteiger partial charge in [-0.2, -0.15) is 0 Å². The molecule has 1 aliphatic rings. The van der Waals surface area contributed by atoms with Crippen molar-refractivity contribution in [3.63, 3.8) is 0 Å². The van der Waals surface area contributed by atoms with Crippen molar-refractivity contribution in [3.8, 4) is 5.75 Å².